The molecule has 1 fully saturated rings. The minimum Gasteiger partial charge on any atom is -0.394 e. The third kappa shape index (κ3) is 5.58. The number of rotatable bonds is 9. The van der Waals surface area contributed by atoms with E-state index in [9.17, 15) is 15.3 Å². The molecule has 0 aromatic carbocycles. The summed E-state index contributed by atoms with van der Waals surface area (Å²) in [6, 6.07) is 0. The van der Waals surface area contributed by atoms with E-state index in [2.05, 4.69) is 19.1 Å². The van der Waals surface area contributed by atoms with Crippen molar-refractivity contribution in [1.29, 1.82) is 0 Å². The van der Waals surface area contributed by atoms with Crippen LogP contribution in [-0.4, -0.2) is 59.6 Å². The van der Waals surface area contributed by atoms with E-state index in [0.29, 0.717) is 6.61 Å². The summed E-state index contributed by atoms with van der Waals surface area (Å²) in [4.78, 5) is 0. The van der Waals surface area contributed by atoms with Crippen molar-refractivity contribution in [2.24, 2.45) is 0 Å². The molecule has 1 aliphatic rings. The first kappa shape index (κ1) is 16.6. The van der Waals surface area contributed by atoms with Gasteiger partial charge in [0.05, 0.1) is 13.2 Å². The maximum absolute atomic E-state index is 9.68. The molecule has 4 atom stereocenters. The van der Waals surface area contributed by atoms with Crippen LogP contribution in [0.25, 0.3) is 0 Å². The van der Waals surface area contributed by atoms with E-state index in [1.807, 2.05) is 0 Å². The fraction of sp³-hybridized carbons (Fsp3) is 0.857. The molecule has 3 N–H and O–H groups in total. The number of aliphatic hydroxyl groups excluding tert-OH is 3. The highest BCUT2D eigenvalue weighted by atomic mass is 16.6. The minimum absolute atomic E-state index is 0.0908. The Balaban J connectivity index is 2.17. The highest BCUT2D eigenvalue weighted by Gasteiger charge is 2.40. The van der Waals surface area contributed by atoms with Crippen LogP contribution in [0.15, 0.2) is 12.2 Å². The van der Waals surface area contributed by atoms with Crippen LogP contribution in [0, 0.1) is 0 Å². The summed E-state index contributed by atoms with van der Waals surface area (Å²) in [5.74, 6) is 0. The number of aliphatic hydroxyl groups is 3. The van der Waals surface area contributed by atoms with Gasteiger partial charge >= 0.3 is 0 Å². The highest BCUT2D eigenvalue weighted by Crippen LogP contribution is 2.19. The second-order valence-corrected chi connectivity index (χ2v) is 4.82. The van der Waals surface area contributed by atoms with Gasteiger partial charge in [-0.2, -0.15) is 0 Å². The Labute approximate surface area is 114 Å². The molecule has 1 saturated heterocycles. The molecule has 0 bridgehead atoms. The number of unbranched alkanes of at least 4 members (excludes halogenated alkanes) is 2. The maximum Gasteiger partial charge on any atom is 0.114 e. The van der Waals surface area contributed by atoms with Crippen molar-refractivity contribution in [3.63, 3.8) is 0 Å². The van der Waals surface area contributed by atoms with Gasteiger partial charge in [-0.3, -0.25) is 0 Å². The first-order chi connectivity index (χ1) is 9.20. The molecule has 0 radical (unpaired) electrons. The van der Waals surface area contributed by atoms with Crippen LogP contribution in [-0.2, 0) is 9.47 Å². The molecule has 112 valence electrons. The molecule has 19 heavy (non-hydrogen) atoms. The molecule has 0 aliphatic carbocycles. The van der Waals surface area contributed by atoms with E-state index in [1.165, 1.54) is 0 Å². The lowest BCUT2D eigenvalue weighted by Crippen LogP contribution is -2.42. The fourth-order valence-corrected chi connectivity index (χ4v) is 2.09. The van der Waals surface area contributed by atoms with Gasteiger partial charge < -0.3 is 24.8 Å². The predicted molar refractivity (Wildman–Crippen MR) is 71.9 cm³/mol. The number of ether oxygens (including phenoxy) is 2. The van der Waals surface area contributed by atoms with Crippen LogP contribution < -0.4 is 0 Å². The van der Waals surface area contributed by atoms with Crippen molar-refractivity contribution in [3.05, 3.63) is 12.2 Å². The van der Waals surface area contributed by atoms with E-state index < -0.39 is 24.4 Å². The monoisotopic (exact) mass is 274 g/mol. The first-order valence-electron chi connectivity index (χ1n) is 7.05. The van der Waals surface area contributed by atoms with Crippen LogP contribution in [0.5, 0.6) is 0 Å². The number of allylic oxidation sites excluding steroid dienone is 2. The van der Waals surface area contributed by atoms with Crippen LogP contribution in [0.3, 0.4) is 0 Å². The van der Waals surface area contributed by atoms with Gasteiger partial charge in [0.25, 0.3) is 0 Å². The first-order valence-corrected chi connectivity index (χ1v) is 7.05. The highest BCUT2D eigenvalue weighted by molar-refractivity contribution is 4.88. The Hall–Kier alpha value is -0.460. The molecule has 1 aliphatic heterocycles. The van der Waals surface area contributed by atoms with Gasteiger partial charge in [-0.1, -0.05) is 19.1 Å². The summed E-state index contributed by atoms with van der Waals surface area (Å²) in [7, 11) is 0. The quantitative estimate of drug-likeness (QED) is 0.424. The van der Waals surface area contributed by atoms with Crippen LogP contribution in [0.4, 0.5) is 0 Å². The van der Waals surface area contributed by atoms with E-state index >= 15 is 0 Å². The van der Waals surface area contributed by atoms with Gasteiger partial charge in [0, 0.05) is 6.61 Å². The normalized spacial score (nSPS) is 29.2. The predicted octanol–water partition coefficient (Wildman–Crippen LogP) is 0.621. The summed E-state index contributed by atoms with van der Waals surface area (Å²) in [6.07, 6.45) is 5.24. The maximum atomic E-state index is 9.68. The lowest BCUT2D eigenvalue weighted by molar-refractivity contribution is -0.101. The van der Waals surface area contributed by atoms with Crippen molar-refractivity contribution < 1.29 is 24.8 Å². The molecule has 0 aromatic rings. The second kappa shape index (κ2) is 9.44. The second-order valence-electron chi connectivity index (χ2n) is 4.82. The number of hydrogen-bond donors (Lipinski definition) is 3. The van der Waals surface area contributed by atoms with Crippen LogP contribution in [0.1, 0.15) is 32.6 Å². The fourth-order valence-electron chi connectivity index (χ4n) is 2.09. The summed E-state index contributed by atoms with van der Waals surface area (Å²) in [6.45, 7) is 2.50. The molecular weight excluding hydrogens is 248 g/mol. The van der Waals surface area contributed by atoms with Gasteiger partial charge in [0.2, 0.25) is 0 Å². The molecule has 1 heterocycles. The van der Waals surface area contributed by atoms with Crippen molar-refractivity contribution in [1.82, 2.24) is 0 Å². The third-order valence-electron chi connectivity index (χ3n) is 3.24. The molecule has 0 saturated carbocycles. The average Bonchev–Trinajstić information content (AvgIpc) is 2.74. The Bertz CT molecular complexity index is 256. The number of hydrogen-bond acceptors (Lipinski definition) is 5. The van der Waals surface area contributed by atoms with Crippen LogP contribution >= 0.6 is 0 Å². The Kier molecular flexibility index (Phi) is 8.25. The zero-order valence-electron chi connectivity index (χ0n) is 11.6. The SMILES string of the molecule is CC/C=C/CCCCO[C@H](CO)[C@@H]1OC[C@H](O)[C@@H]1O. The lowest BCUT2D eigenvalue weighted by atomic mass is 10.1. The van der Waals surface area contributed by atoms with Crippen LogP contribution in [0.2, 0.25) is 0 Å². The standard InChI is InChI=1S/C14H26O5/c1-2-3-4-5-6-7-8-18-12(9-15)14-13(17)11(16)10-19-14/h3-4,11-17H,2,5-10H2,1H3/b4-3+/t11-,12+,13-,14-/m0/s1. The molecule has 1 rings (SSSR count). The van der Waals surface area contributed by atoms with Gasteiger partial charge in [0.15, 0.2) is 0 Å². The van der Waals surface area contributed by atoms with Gasteiger partial charge in [-0.15, -0.1) is 0 Å². The third-order valence-corrected chi connectivity index (χ3v) is 3.24. The summed E-state index contributed by atoms with van der Waals surface area (Å²) in [5, 5.41) is 28.3. The largest absolute Gasteiger partial charge is 0.394 e. The topological polar surface area (TPSA) is 79.2 Å². The van der Waals surface area contributed by atoms with E-state index in [0.717, 1.165) is 25.7 Å². The van der Waals surface area contributed by atoms with E-state index in [4.69, 9.17) is 9.47 Å². The smallest absolute Gasteiger partial charge is 0.114 e. The van der Waals surface area contributed by atoms with Gasteiger partial charge in [0.1, 0.15) is 24.4 Å². The molecule has 5 heteroatoms. The lowest BCUT2D eigenvalue weighted by Gasteiger charge is -2.24. The molecular formula is C14H26O5. The van der Waals surface area contributed by atoms with E-state index in [-0.39, 0.29) is 13.2 Å². The van der Waals surface area contributed by atoms with Crippen molar-refractivity contribution in [2.75, 3.05) is 19.8 Å². The Morgan fingerprint density at radius 1 is 1.32 bits per heavy atom. The zero-order valence-corrected chi connectivity index (χ0v) is 11.6. The molecule has 5 nitrogen and oxygen atoms in total. The molecule has 0 amide bonds. The molecule has 0 aromatic heterocycles. The Morgan fingerprint density at radius 2 is 2.11 bits per heavy atom. The molecule has 0 unspecified atom stereocenters. The minimum atomic E-state index is -0.982. The van der Waals surface area contributed by atoms with Crippen molar-refractivity contribution >= 4 is 0 Å². The van der Waals surface area contributed by atoms with Gasteiger partial charge in [-0.25, -0.2) is 0 Å². The summed E-state index contributed by atoms with van der Waals surface area (Å²) >= 11 is 0. The van der Waals surface area contributed by atoms with Crippen molar-refractivity contribution in [3.8, 4) is 0 Å². The van der Waals surface area contributed by atoms with Crippen molar-refractivity contribution in [2.45, 2.75) is 57.0 Å². The zero-order chi connectivity index (χ0) is 14.1. The van der Waals surface area contributed by atoms with E-state index in [1.54, 1.807) is 0 Å². The Morgan fingerprint density at radius 3 is 2.68 bits per heavy atom. The molecule has 0 spiro atoms. The summed E-state index contributed by atoms with van der Waals surface area (Å²) in [5.41, 5.74) is 0. The average molecular weight is 274 g/mol. The summed E-state index contributed by atoms with van der Waals surface area (Å²) < 4.78 is 10.8. The van der Waals surface area contributed by atoms with Gasteiger partial charge in [-0.05, 0) is 25.7 Å².